The third-order valence-electron chi connectivity index (χ3n) is 4.29. The smallest absolute Gasteiger partial charge is 0.133 e. The van der Waals surface area contributed by atoms with Gasteiger partial charge in [-0.25, -0.2) is 4.98 Å². The fourth-order valence-electron chi connectivity index (χ4n) is 2.77. The molecule has 0 aliphatic carbocycles. The number of benzene rings is 2. The monoisotopic (exact) mass is 315 g/mol. The number of nitrogens with zero attached hydrogens (tertiary/aromatic N) is 3. The van der Waals surface area contributed by atoms with Crippen LogP contribution in [0, 0.1) is 31.1 Å². The van der Waals surface area contributed by atoms with Crippen LogP contribution in [0.1, 0.15) is 29.4 Å². The molecule has 0 bridgehead atoms. The van der Waals surface area contributed by atoms with E-state index in [9.17, 15) is 5.26 Å². The van der Waals surface area contributed by atoms with Gasteiger partial charge in [0.2, 0.25) is 0 Å². The van der Waals surface area contributed by atoms with Crippen molar-refractivity contribution in [2.45, 2.75) is 27.3 Å². The van der Waals surface area contributed by atoms with Crippen LogP contribution in [0.15, 0.2) is 42.5 Å². The quantitative estimate of drug-likeness (QED) is 0.681. The van der Waals surface area contributed by atoms with Gasteiger partial charge >= 0.3 is 0 Å². The molecular formula is C21H21N3. The summed E-state index contributed by atoms with van der Waals surface area (Å²) in [7, 11) is 0. The van der Waals surface area contributed by atoms with Gasteiger partial charge in [0, 0.05) is 6.54 Å². The Hall–Kier alpha value is -2.86. The molecule has 1 atom stereocenters. The van der Waals surface area contributed by atoms with E-state index in [0.29, 0.717) is 6.54 Å². The summed E-state index contributed by atoms with van der Waals surface area (Å²) >= 11 is 0. The first-order valence-electron chi connectivity index (χ1n) is 8.18. The molecule has 1 heterocycles. The molecule has 0 saturated carbocycles. The Labute approximate surface area is 142 Å². The maximum atomic E-state index is 9.20. The van der Waals surface area contributed by atoms with Crippen LogP contribution in [0.25, 0.3) is 23.2 Å². The van der Waals surface area contributed by atoms with Gasteiger partial charge in [0.05, 0.1) is 23.0 Å². The first-order chi connectivity index (χ1) is 11.6. The number of hydrogen-bond acceptors (Lipinski definition) is 2. The second-order valence-corrected chi connectivity index (χ2v) is 6.28. The third-order valence-corrected chi connectivity index (χ3v) is 4.29. The van der Waals surface area contributed by atoms with Gasteiger partial charge in [-0.05, 0) is 55.7 Å². The molecule has 3 rings (SSSR count). The molecule has 1 aromatic heterocycles. The lowest BCUT2D eigenvalue weighted by Gasteiger charge is -2.09. The summed E-state index contributed by atoms with van der Waals surface area (Å²) in [6.07, 6.45) is 4.10. The van der Waals surface area contributed by atoms with Gasteiger partial charge < -0.3 is 4.57 Å². The van der Waals surface area contributed by atoms with Crippen molar-refractivity contribution in [3.05, 3.63) is 65.0 Å². The minimum absolute atomic E-state index is 0.0621. The van der Waals surface area contributed by atoms with Crippen molar-refractivity contribution >= 4 is 23.2 Å². The third kappa shape index (κ3) is 3.23. The molecule has 1 unspecified atom stereocenters. The summed E-state index contributed by atoms with van der Waals surface area (Å²) in [6, 6.07) is 16.8. The van der Waals surface area contributed by atoms with Gasteiger partial charge in [-0.1, -0.05) is 36.4 Å². The molecule has 3 heteroatoms. The highest BCUT2D eigenvalue weighted by molar-refractivity contribution is 5.81. The molecule has 3 aromatic rings. The normalized spacial score (nSPS) is 12.6. The number of aryl methyl sites for hydroxylation is 2. The van der Waals surface area contributed by atoms with Gasteiger partial charge in [-0.3, -0.25) is 0 Å². The van der Waals surface area contributed by atoms with E-state index in [-0.39, 0.29) is 5.92 Å². The largest absolute Gasteiger partial charge is 0.323 e. The van der Waals surface area contributed by atoms with E-state index >= 15 is 0 Å². The lowest BCUT2D eigenvalue weighted by molar-refractivity contribution is 0.589. The van der Waals surface area contributed by atoms with Crippen LogP contribution < -0.4 is 0 Å². The van der Waals surface area contributed by atoms with Gasteiger partial charge in [0.25, 0.3) is 0 Å². The van der Waals surface area contributed by atoms with Crippen LogP contribution >= 0.6 is 0 Å². The topological polar surface area (TPSA) is 41.6 Å². The zero-order valence-electron chi connectivity index (χ0n) is 14.3. The number of fused-ring (bicyclic) bond motifs is 1. The summed E-state index contributed by atoms with van der Waals surface area (Å²) in [5.74, 6) is 0.828. The Morgan fingerprint density at radius 3 is 2.54 bits per heavy atom. The zero-order chi connectivity index (χ0) is 17.1. The first-order valence-corrected chi connectivity index (χ1v) is 8.18. The van der Waals surface area contributed by atoms with E-state index in [1.165, 1.54) is 11.1 Å². The van der Waals surface area contributed by atoms with Crippen molar-refractivity contribution in [1.82, 2.24) is 9.55 Å². The van der Waals surface area contributed by atoms with Gasteiger partial charge in [0.1, 0.15) is 5.82 Å². The molecular weight excluding hydrogens is 294 g/mol. The molecule has 0 spiro atoms. The van der Waals surface area contributed by atoms with Crippen LogP contribution in [0.2, 0.25) is 0 Å². The molecule has 24 heavy (non-hydrogen) atoms. The van der Waals surface area contributed by atoms with Crippen molar-refractivity contribution in [2.75, 3.05) is 0 Å². The molecule has 120 valence electrons. The number of nitriles is 1. The Kier molecular flexibility index (Phi) is 4.48. The Bertz CT molecular complexity index is 927. The molecule has 0 N–H and O–H groups in total. The van der Waals surface area contributed by atoms with E-state index in [2.05, 4.69) is 54.8 Å². The van der Waals surface area contributed by atoms with Gasteiger partial charge in [0.15, 0.2) is 0 Å². The molecule has 0 aliphatic rings. The number of imidazole rings is 1. The summed E-state index contributed by atoms with van der Waals surface area (Å²) in [5.41, 5.74) is 5.69. The van der Waals surface area contributed by atoms with Crippen molar-refractivity contribution in [2.24, 2.45) is 5.92 Å². The van der Waals surface area contributed by atoms with E-state index < -0.39 is 0 Å². The summed E-state index contributed by atoms with van der Waals surface area (Å²) in [6.45, 7) is 6.80. The summed E-state index contributed by atoms with van der Waals surface area (Å²) in [4.78, 5) is 4.78. The first kappa shape index (κ1) is 16.0. The Morgan fingerprint density at radius 1 is 1.12 bits per heavy atom. The highest BCUT2D eigenvalue weighted by atomic mass is 15.1. The van der Waals surface area contributed by atoms with E-state index in [0.717, 1.165) is 22.4 Å². The van der Waals surface area contributed by atoms with Crippen LogP contribution in [0.4, 0.5) is 0 Å². The molecule has 3 nitrogen and oxygen atoms in total. The molecule has 0 aliphatic heterocycles. The summed E-state index contributed by atoms with van der Waals surface area (Å²) in [5, 5.41) is 9.20. The van der Waals surface area contributed by atoms with Gasteiger partial charge in [-0.2, -0.15) is 5.26 Å². The highest BCUT2D eigenvalue weighted by Gasteiger charge is 2.12. The Balaban J connectivity index is 2.10. The molecule has 2 aromatic carbocycles. The van der Waals surface area contributed by atoms with Crippen LogP contribution in [-0.4, -0.2) is 9.55 Å². The SMILES string of the molecule is Cc1cc2nc(/C=C/c3ccccc3)n(CC(C)C#N)c2cc1C. The standard InChI is InChI=1S/C21H21N3/c1-15(13-22)14-24-20-12-17(3)16(2)11-19(20)23-21(24)10-9-18-7-5-4-6-8-18/h4-12,15H,14H2,1-3H3/b10-9+. The fraction of sp³-hybridized carbons (Fsp3) is 0.238. The second kappa shape index (κ2) is 6.72. The Morgan fingerprint density at radius 2 is 1.83 bits per heavy atom. The molecule has 0 radical (unpaired) electrons. The van der Waals surface area contributed by atoms with Gasteiger partial charge in [-0.15, -0.1) is 0 Å². The average Bonchev–Trinajstić information content (AvgIpc) is 2.91. The lowest BCUT2D eigenvalue weighted by Crippen LogP contribution is -2.07. The van der Waals surface area contributed by atoms with Crippen molar-refractivity contribution in [3.63, 3.8) is 0 Å². The van der Waals surface area contributed by atoms with Crippen molar-refractivity contribution in [1.29, 1.82) is 5.26 Å². The molecule has 0 saturated heterocycles. The minimum atomic E-state index is -0.0621. The van der Waals surface area contributed by atoms with Crippen LogP contribution in [0.3, 0.4) is 0 Å². The maximum absolute atomic E-state index is 9.20. The average molecular weight is 315 g/mol. The predicted molar refractivity (Wildman–Crippen MR) is 99.4 cm³/mol. The van der Waals surface area contributed by atoms with E-state index in [1.54, 1.807) is 0 Å². The summed E-state index contributed by atoms with van der Waals surface area (Å²) < 4.78 is 2.15. The van der Waals surface area contributed by atoms with Crippen LogP contribution in [-0.2, 0) is 6.54 Å². The second-order valence-electron chi connectivity index (χ2n) is 6.28. The molecule has 0 fully saturated rings. The van der Waals surface area contributed by atoms with E-state index in [1.807, 2.05) is 31.2 Å². The van der Waals surface area contributed by atoms with Crippen molar-refractivity contribution in [3.8, 4) is 6.07 Å². The highest BCUT2D eigenvalue weighted by Crippen LogP contribution is 2.23. The van der Waals surface area contributed by atoms with Crippen molar-refractivity contribution < 1.29 is 0 Å². The van der Waals surface area contributed by atoms with E-state index in [4.69, 9.17) is 4.98 Å². The lowest BCUT2D eigenvalue weighted by atomic mass is 10.1. The van der Waals surface area contributed by atoms with Crippen LogP contribution in [0.5, 0.6) is 0 Å². The number of rotatable bonds is 4. The maximum Gasteiger partial charge on any atom is 0.133 e. The minimum Gasteiger partial charge on any atom is -0.323 e. The zero-order valence-corrected chi connectivity index (χ0v) is 14.3. The number of aromatic nitrogens is 2. The number of hydrogen-bond donors (Lipinski definition) is 0. The predicted octanol–water partition coefficient (Wildman–Crippen LogP) is 4.98. The molecule has 0 amide bonds. The fourth-order valence-corrected chi connectivity index (χ4v) is 2.77.